The molecule has 19 heavy (non-hydrogen) atoms. The van der Waals surface area contributed by atoms with Gasteiger partial charge in [-0.2, -0.15) is 0 Å². The molecule has 2 aromatic rings. The monoisotopic (exact) mass is 258 g/mol. The topological polar surface area (TPSA) is 82.5 Å². The number of hydrogen-bond donors (Lipinski definition) is 3. The maximum absolute atomic E-state index is 10.7. The van der Waals surface area contributed by atoms with E-state index in [2.05, 4.69) is 10.3 Å². The number of carbonyl (C=O) groups is 1. The maximum atomic E-state index is 10.7. The molecule has 2 rings (SSSR count). The highest BCUT2D eigenvalue weighted by Gasteiger charge is 2.18. The van der Waals surface area contributed by atoms with E-state index in [-0.39, 0.29) is 12.3 Å². The van der Waals surface area contributed by atoms with Crippen molar-refractivity contribution in [3.05, 3.63) is 59.9 Å². The first kappa shape index (κ1) is 13.0. The number of rotatable bonds is 5. The SMILES string of the molecule is O=C(O)CNC(c1ccccn1)c1ccccc1O. The van der Waals surface area contributed by atoms with Gasteiger partial charge in [0.2, 0.25) is 0 Å². The molecule has 0 aliphatic heterocycles. The molecular formula is C14H14N2O3. The van der Waals surface area contributed by atoms with Crippen LogP contribution in [0.2, 0.25) is 0 Å². The average Bonchev–Trinajstić information content (AvgIpc) is 2.42. The largest absolute Gasteiger partial charge is 0.508 e. The fraction of sp³-hybridized carbons (Fsp3) is 0.143. The first-order chi connectivity index (χ1) is 9.18. The van der Waals surface area contributed by atoms with E-state index in [1.807, 2.05) is 6.07 Å². The molecule has 0 bridgehead atoms. The Labute approximate surface area is 110 Å². The van der Waals surface area contributed by atoms with E-state index in [1.54, 1.807) is 42.6 Å². The zero-order valence-corrected chi connectivity index (χ0v) is 10.2. The fourth-order valence-electron chi connectivity index (χ4n) is 1.84. The second-order valence-corrected chi connectivity index (χ2v) is 4.02. The van der Waals surface area contributed by atoms with Crippen molar-refractivity contribution < 1.29 is 15.0 Å². The molecule has 3 N–H and O–H groups in total. The average molecular weight is 258 g/mol. The lowest BCUT2D eigenvalue weighted by molar-refractivity contribution is -0.136. The predicted octanol–water partition coefficient (Wildman–Crippen LogP) is 1.55. The summed E-state index contributed by atoms with van der Waals surface area (Å²) in [6, 6.07) is 11.7. The van der Waals surface area contributed by atoms with Crippen LogP contribution in [0.1, 0.15) is 17.3 Å². The molecule has 0 aliphatic carbocycles. The van der Waals surface area contributed by atoms with E-state index in [0.717, 1.165) is 0 Å². The zero-order chi connectivity index (χ0) is 13.7. The van der Waals surface area contributed by atoms with Gasteiger partial charge in [-0.25, -0.2) is 0 Å². The maximum Gasteiger partial charge on any atom is 0.317 e. The standard InChI is InChI=1S/C14H14N2O3/c17-12-7-2-1-5-10(12)14(16-9-13(18)19)11-6-3-4-8-15-11/h1-8,14,16-17H,9H2,(H,18,19). The molecule has 0 saturated carbocycles. The summed E-state index contributed by atoms with van der Waals surface area (Å²) >= 11 is 0. The molecule has 1 heterocycles. The minimum Gasteiger partial charge on any atom is -0.508 e. The minimum atomic E-state index is -0.962. The lowest BCUT2D eigenvalue weighted by atomic mass is 10.0. The zero-order valence-electron chi connectivity index (χ0n) is 10.2. The van der Waals surface area contributed by atoms with Gasteiger partial charge in [0.1, 0.15) is 5.75 Å². The number of aromatic hydroxyl groups is 1. The Bertz CT molecular complexity index is 558. The number of carboxylic acid groups (broad SMARTS) is 1. The van der Waals surface area contributed by atoms with E-state index >= 15 is 0 Å². The van der Waals surface area contributed by atoms with Crippen LogP contribution in [0.5, 0.6) is 5.75 Å². The van der Waals surface area contributed by atoms with Crippen molar-refractivity contribution in [2.45, 2.75) is 6.04 Å². The van der Waals surface area contributed by atoms with Gasteiger partial charge in [0.15, 0.2) is 0 Å². The normalized spacial score (nSPS) is 12.0. The lowest BCUT2D eigenvalue weighted by Crippen LogP contribution is -2.28. The van der Waals surface area contributed by atoms with Crippen LogP contribution < -0.4 is 5.32 Å². The lowest BCUT2D eigenvalue weighted by Gasteiger charge is -2.18. The van der Waals surface area contributed by atoms with Crippen LogP contribution in [0, 0.1) is 0 Å². The number of nitrogens with one attached hydrogen (secondary N) is 1. The highest BCUT2D eigenvalue weighted by atomic mass is 16.4. The second-order valence-electron chi connectivity index (χ2n) is 4.02. The van der Waals surface area contributed by atoms with Crippen molar-refractivity contribution in [1.29, 1.82) is 0 Å². The van der Waals surface area contributed by atoms with E-state index in [4.69, 9.17) is 5.11 Å². The second kappa shape index (κ2) is 5.97. The van der Waals surface area contributed by atoms with Gasteiger partial charge in [-0.05, 0) is 18.2 Å². The van der Waals surface area contributed by atoms with E-state index in [0.29, 0.717) is 11.3 Å². The Hall–Kier alpha value is -2.40. The van der Waals surface area contributed by atoms with Crippen molar-refractivity contribution in [3.8, 4) is 5.75 Å². The smallest absolute Gasteiger partial charge is 0.317 e. The third-order valence-electron chi connectivity index (χ3n) is 2.69. The van der Waals surface area contributed by atoms with Gasteiger partial charge >= 0.3 is 5.97 Å². The number of para-hydroxylation sites is 1. The summed E-state index contributed by atoms with van der Waals surface area (Å²) in [6.45, 7) is -0.213. The van der Waals surface area contributed by atoms with Gasteiger partial charge in [0.25, 0.3) is 0 Å². The molecule has 1 aromatic carbocycles. The van der Waals surface area contributed by atoms with Crippen molar-refractivity contribution in [3.63, 3.8) is 0 Å². The molecule has 5 heteroatoms. The summed E-state index contributed by atoms with van der Waals surface area (Å²) in [5.41, 5.74) is 1.26. The Kier molecular flexibility index (Phi) is 4.10. The number of aliphatic carboxylic acids is 1. The van der Waals surface area contributed by atoms with E-state index < -0.39 is 12.0 Å². The van der Waals surface area contributed by atoms with Gasteiger partial charge < -0.3 is 10.2 Å². The molecule has 0 saturated heterocycles. The summed E-state index contributed by atoms with van der Waals surface area (Å²) < 4.78 is 0. The van der Waals surface area contributed by atoms with E-state index in [9.17, 15) is 9.90 Å². The van der Waals surface area contributed by atoms with Crippen LogP contribution in [0.3, 0.4) is 0 Å². The number of nitrogens with zero attached hydrogens (tertiary/aromatic N) is 1. The van der Waals surface area contributed by atoms with Crippen LogP contribution in [0.25, 0.3) is 0 Å². The Balaban J connectivity index is 2.35. The summed E-state index contributed by atoms with van der Waals surface area (Å²) in [5.74, 6) is -0.854. The predicted molar refractivity (Wildman–Crippen MR) is 69.8 cm³/mol. The highest BCUT2D eigenvalue weighted by Crippen LogP contribution is 2.27. The first-order valence-electron chi connectivity index (χ1n) is 5.82. The number of phenolic OH excluding ortho intramolecular Hbond substituents is 1. The summed E-state index contributed by atoms with van der Waals surface area (Å²) in [5, 5.41) is 21.5. The number of aromatic nitrogens is 1. The van der Waals surface area contributed by atoms with Crippen molar-refractivity contribution >= 4 is 5.97 Å². The van der Waals surface area contributed by atoms with Gasteiger partial charge in [0.05, 0.1) is 18.3 Å². The first-order valence-corrected chi connectivity index (χ1v) is 5.82. The molecule has 98 valence electrons. The number of carboxylic acids is 1. The molecule has 0 radical (unpaired) electrons. The minimum absolute atomic E-state index is 0.107. The van der Waals surface area contributed by atoms with Crippen molar-refractivity contribution in [2.24, 2.45) is 0 Å². The molecule has 5 nitrogen and oxygen atoms in total. The molecule has 0 aliphatic rings. The molecule has 1 aromatic heterocycles. The van der Waals surface area contributed by atoms with Gasteiger partial charge in [-0.15, -0.1) is 0 Å². The molecule has 0 fully saturated rings. The number of phenols is 1. The molecule has 0 amide bonds. The Morgan fingerprint density at radius 1 is 1.21 bits per heavy atom. The fourth-order valence-corrected chi connectivity index (χ4v) is 1.84. The van der Waals surface area contributed by atoms with Crippen molar-refractivity contribution in [2.75, 3.05) is 6.54 Å². The van der Waals surface area contributed by atoms with Crippen LogP contribution in [-0.2, 0) is 4.79 Å². The molecular weight excluding hydrogens is 244 g/mol. The van der Waals surface area contributed by atoms with Gasteiger partial charge in [0, 0.05) is 11.8 Å². The number of hydrogen-bond acceptors (Lipinski definition) is 4. The highest BCUT2D eigenvalue weighted by molar-refractivity contribution is 5.69. The van der Waals surface area contributed by atoms with E-state index in [1.165, 1.54) is 0 Å². The Morgan fingerprint density at radius 2 is 1.95 bits per heavy atom. The Morgan fingerprint density at radius 3 is 2.58 bits per heavy atom. The molecule has 0 spiro atoms. The van der Waals surface area contributed by atoms with Gasteiger partial charge in [-0.3, -0.25) is 15.1 Å². The van der Waals surface area contributed by atoms with Crippen LogP contribution in [0.15, 0.2) is 48.7 Å². The van der Waals surface area contributed by atoms with Crippen LogP contribution >= 0.6 is 0 Å². The quantitative estimate of drug-likeness (QED) is 0.758. The third-order valence-corrected chi connectivity index (χ3v) is 2.69. The van der Waals surface area contributed by atoms with Crippen LogP contribution in [-0.4, -0.2) is 27.7 Å². The summed E-state index contributed by atoms with van der Waals surface area (Å²) in [7, 11) is 0. The number of benzene rings is 1. The summed E-state index contributed by atoms with van der Waals surface area (Å²) in [4.78, 5) is 14.9. The third kappa shape index (κ3) is 3.29. The van der Waals surface area contributed by atoms with Crippen molar-refractivity contribution in [1.82, 2.24) is 10.3 Å². The van der Waals surface area contributed by atoms with Crippen LogP contribution in [0.4, 0.5) is 0 Å². The van der Waals surface area contributed by atoms with Gasteiger partial charge in [-0.1, -0.05) is 24.3 Å². The summed E-state index contributed by atoms with van der Waals surface area (Å²) in [6.07, 6.45) is 1.63. The molecule has 1 unspecified atom stereocenters. The number of pyridine rings is 1. The molecule has 1 atom stereocenters.